The summed E-state index contributed by atoms with van der Waals surface area (Å²) >= 11 is 0. The SMILES string of the molecule is COc1ccccc1C#CC(C)=N/C=C(\C)C=O. The molecule has 1 aromatic carbocycles. The summed E-state index contributed by atoms with van der Waals surface area (Å²) in [4.78, 5) is 14.5. The average molecular weight is 241 g/mol. The molecule has 3 heteroatoms. The van der Waals surface area contributed by atoms with E-state index in [1.807, 2.05) is 24.3 Å². The topological polar surface area (TPSA) is 38.7 Å². The number of nitrogens with zero attached hydrogens (tertiary/aromatic N) is 1. The Morgan fingerprint density at radius 1 is 1.33 bits per heavy atom. The van der Waals surface area contributed by atoms with Gasteiger partial charge in [-0.05, 0) is 31.9 Å². The maximum atomic E-state index is 10.4. The molecule has 0 saturated carbocycles. The second kappa shape index (κ2) is 7.08. The lowest BCUT2D eigenvalue weighted by Gasteiger charge is -2.00. The number of aldehydes is 1. The second-order valence-corrected chi connectivity index (χ2v) is 3.66. The maximum Gasteiger partial charge on any atom is 0.147 e. The van der Waals surface area contributed by atoms with E-state index in [0.29, 0.717) is 11.3 Å². The molecule has 0 aliphatic carbocycles. The van der Waals surface area contributed by atoms with E-state index in [2.05, 4.69) is 16.8 Å². The number of allylic oxidation sites excluding steroid dienone is 1. The molecule has 18 heavy (non-hydrogen) atoms. The molecule has 0 unspecified atom stereocenters. The van der Waals surface area contributed by atoms with E-state index in [-0.39, 0.29) is 0 Å². The first kappa shape index (κ1) is 13.7. The Balaban J connectivity index is 2.91. The van der Waals surface area contributed by atoms with Crippen molar-refractivity contribution in [3.8, 4) is 17.6 Å². The molecule has 92 valence electrons. The van der Waals surface area contributed by atoms with Gasteiger partial charge in [-0.1, -0.05) is 18.1 Å². The minimum absolute atomic E-state index is 0.563. The van der Waals surface area contributed by atoms with Gasteiger partial charge in [0, 0.05) is 11.8 Å². The van der Waals surface area contributed by atoms with Gasteiger partial charge in [0.15, 0.2) is 0 Å². The van der Waals surface area contributed by atoms with Crippen LogP contribution >= 0.6 is 0 Å². The van der Waals surface area contributed by atoms with Crippen molar-refractivity contribution in [1.82, 2.24) is 0 Å². The van der Waals surface area contributed by atoms with Gasteiger partial charge >= 0.3 is 0 Å². The number of methoxy groups -OCH3 is 1. The van der Waals surface area contributed by atoms with E-state index in [9.17, 15) is 4.79 Å². The van der Waals surface area contributed by atoms with Gasteiger partial charge in [-0.15, -0.1) is 0 Å². The monoisotopic (exact) mass is 241 g/mol. The van der Waals surface area contributed by atoms with E-state index in [1.165, 1.54) is 6.20 Å². The van der Waals surface area contributed by atoms with Gasteiger partial charge in [-0.25, -0.2) is 0 Å². The number of benzene rings is 1. The van der Waals surface area contributed by atoms with Crippen LogP contribution in [0.5, 0.6) is 5.75 Å². The first-order chi connectivity index (χ1) is 8.67. The van der Waals surface area contributed by atoms with E-state index in [1.54, 1.807) is 21.0 Å². The summed E-state index contributed by atoms with van der Waals surface area (Å²) in [5.41, 5.74) is 2.01. The molecule has 0 aliphatic heterocycles. The van der Waals surface area contributed by atoms with Crippen molar-refractivity contribution in [2.75, 3.05) is 7.11 Å². The van der Waals surface area contributed by atoms with Gasteiger partial charge in [0.1, 0.15) is 12.0 Å². The van der Waals surface area contributed by atoms with E-state index in [4.69, 9.17) is 4.74 Å². The zero-order chi connectivity index (χ0) is 13.4. The van der Waals surface area contributed by atoms with Crippen molar-refractivity contribution in [2.24, 2.45) is 4.99 Å². The van der Waals surface area contributed by atoms with E-state index < -0.39 is 0 Å². The quantitative estimate of drug-likeness (QED) is 0.353. The van der Waals surface area contributed by atoms with E-state index in [0.717, 1.165) is 17.6 Å². The minimum Gasteiger partial charge on any atom is -0.495 e. The Kier molecular flexibility index (Phi) is 5.40. The summed E-state index contributed by atoms with van der Waals surface area (Å²) in [5, 5.41) is 0. The highest BCUT2D eigenvalue weighted by Crippen LogP contribution is 2.15. The third kappa shape index (κ3) is 4.26. The standard InChI is InChI=1S/C15H15NO2/c1-12(11-17)10-16-13(2)8-9-14-6-4-5-7-15(14)18-3/h4-7,10-11H,1-3H3/b12-10+,16-13?. The van der Waals surface area contributed by atoms with Crippen LogP contribution in [0, 0.1) is 11.8 Å². The molecule has 0 atom stereocenters. The zero-order valence-corrected chi connectivity index (χ0v) is 10.7. The Hall–Kier alpha value is -2.34. The van der Waals surface area contributed by atoms with Crippen LogP contribution in [0.2, 0.25) is 0 Å². The fraction of sp³-hybridized carbons (Fsp3) is 0.200. The summed E-state index contributed by atoms with van der Waals surface area (Å²) in [5.74, 6) is 6.63. The molecule has 0 heterocycles. The Labute approximate surface area is 107 Å². The molecule has 0 spiro atoms. The molecule has 0 bridgehead atoms. The van der Waals surface area contributed by atoms with Gasteiger partial charge in [0.05, 0.1) is 18.4 Å². The Morgan fingerprint density at radius 3 is 2.72 bits per heavy atom. The Morgan fingerprint density at radius 2 is 2.06 bits per heavy atom. The lowest BCUT2D eigenvalue weighted by molar-refractivity contribution is -0.104. The lowest BCUT2D eigenvalue weighted by Crippen LogP contribution is -1.88. The molecular weight excluding hydrogens is 226 g/mol. The smallest absolute Gasteiger partial charge is 0.147 e. The number of hydrogen-bond donors (Lipinski definition) is 0. The summed E-state index contributed by atoms with van der Waals surface area (Å²) in [6, 6.07) is 7.52. The fourth-order valence-electron chi connectivity index (χ4n) is 1.17. The van der Waals surface area contributed by atoms with Crippen molar-refractivity contribution < 1.29 is 9.53 Å². The van der Waals surface area contributed by atoms with Crippen LogP contribution in [-0.2, 0) is 4.79 Å². The van der Waals surface area contributed by atoms with Crippen molar-refractivity contribution >= 4 is 12.0 Å². The molecule has 0 fully saturated rings. The normalized spacial score (nSPS) is 11.5. The molecule has 0 radical (unpaired) electrons. The van der Waals surface area contributed by atoms with Gasteiger partial charge in [0.25, 0.3) is 0 Å². The predicted molar refractivity (Wildman–Crippen MR) is 72.8 cm³/mol. The van der Waals surface area contributed by atoms with Gasteiger partial charge < -0.3 is 4.74 Å². The van der Waals surface area contributed by atoms with Crippen LogP contribution in [-0.4, -0.2) is 19.1 Å². The molecular formula is C15H15NO2. The average Bonchev–Trinajstić information content (AvgIpc) is 2.42. The molecule has 0 N–H and O–H groups in total. The fourth-order valence-corrected chi connectivity index (χ4v) is 1.17. The number of hydrogen-bond acceptors (Lipinski definition) is 3. The van der Waals surface area contributed by atoms with Crippen molar-refractivity contribution in [3.05, 3.63) is 41.6 Å². The van der Waals surface area contributed by atoms with Crippen LogP contribution in [0.4, 0.5) is 0 Å². The number of aliphatic imine (C=N–C) groups is 1. The molecule has 1 rings (SSSR count). The first-order valence-electron chi connectivity index (χ1n) is 5.48. The van der Waals surface area contributed by atoms with Crippen LogP contribution < -0.4 is 4.74 Å². The highest BCUT2D eigenvalue weighted by atomic mass is 16.5. The molecule has 0 saturated heterocycles. The number of carbonyl (C=O) groups excluding carboxylic acids is 1. The number of rotatable bonds is 3. The zero-order valence-electron chi connectivity index (χ0n) is 10.7. The molecule has 0 aromatic heterocycles. The Bertz CT molecular complexity index is 545. The third-order valence-electron chi connectivity index (χ3n) is 2.13. The number of carbonyl (C=O) groups is 1. The summed E-state index contributed by atoms with van der Waals surface area (Å²) in [6.07, 6.45) is 2.25. The summed E-state index contributed by atoms with van der Waals surface area (Å²) in [7, 11) is 1.61. The molecule has 0 aliphatic rings. The molecule has 0 amide bonds. The van der Waals surface area contributed by atoms with Crippen molar-refractivity contribution in [2.45, 2.75) is 13.8 Å². The third-order valence-corrected chi connectivity index (χ3v) is 2.13. The van der Waals surface area contributed by atoms with Gasteiger partial charge in [0.2, 0.25) is 0 Å². The lowest BCUT2D eigenvalue weighted by atomic mass is 10.2. The highest BCUT2D eigenvalue weighted by molar-refractivity contribution is 5.99. The molecule has 3 nitrogen and oxygen atoms in total. The van der Waals surface area contributed by atoms with Crippen LogP contribution in [0.3, 0.4) is 0 Å². The van der Waals surface area contributed by atoms with Crippen molar-refractivity contribution in [1.29, 1.82) is 0 Å². The first-order valence-corrected chi connectivity index (χ1v) is 5.48. The largest absolute Gasteiger partial charge is 0.495 e. The number of para-hydroxylation sites is 1. The number of ether oxygens (including phenoxy) is 1. The van der Waals surface area contributed by atoms with Gasteiger partial charge in [-0.3, -0.25) is 9.79 Å². The van der Waals surface area contributed by atoms with Crippen LogP contribution in [0.25, 0.3) is 0 Å². The summed E-state index contributed by atoms with van der Waals surface area (Å²) in [6.45, 7) is 3.48. The minimum atomic E-state index is 0.563. The van der Waals surface area contributed by atoms with Crippen molar-refractivity contribution in [3.63, 3.8) is 0 Å². The highest BCUT2D eigenvalue weighted by Gasteiger charge is 1.96. The van der Waals surface area contributed by atoms with Crippen LogP contribution in [0.1, 0.15) is 19.4 Å². The predicted octanol–water partition coefficient (Wildman–Crippen LogP) is 2.61. The van der Waals surface area contributed by atoms with E-state index >= 15 is 0 Å². The van der Waals surface area contributed by atoms with Gasteiger partial charge in [-0.2, -0.15) is 0 Å². The maximum absolute atomic E-state index is 10.4. The molecule has 1 aromatic rings. The van der Waals surface area contributed by atoms with Crippen LogP contribution in [0.15, 0.2) is 41.0 Å². The summed E-state index contributed by atoms with van der Waals surface area (Å²) < 4.78 is 5.19. The second-order valence-electron chi connectivity index (χ2n) is 3.66.